The average molecular weight is 428 g/mol. The number of carbonyl (C=O) groups is 2. The van der Waals surface area contributed by atoms with Crippen LogP contribution in [0, 0.1) is 0 Å². The van der Waals surface area contributed by atoms with Gasteiger partial charge in [-0.1, -0.05) is 44.2 Å². The highest BCUT2D eigenvalue weighted by Gasteiger charge is 2.26. The van der Waals surface area contributed by atoms with Crippen LogP contribution in [0.4, 0.5) is 16.2 Å². The molecule has 0 spiro atoms. The normalized spacial score (nSPS) is 12.2. The molecule has 168 valence electrons. The summed E-state index contributed by atoms with van der Waals surface area (Å²) in [5.41, 5.74) is 1.25. The first-order valence-corrected chi connectivity index (χ1v) is 10.5. The summed E-state index contributed by atoms with van der Waals surface area (Å²) >= 11 is 0. The zero-order valence-corrected chi connectivity index (χ0v) is 19.2. The van der Waals surface area contributed by atoms with E-state index in [9.17, 15) is 9.59 Å². The second-order valence-corrected chi connectivity index (χ2v) is 8.07. The maximum atomic E-state index is 13.3. The largest absolute Gasteiger partial charge is 0.495 e. The van der Waals surface area contributed by atoms with Gasteiger partial charge in [0.1, 0.15) is 17.4 Å². The van der Waals surface area contributed by atoms with Crippen LogP contribution < -0.4 is 15.4 Å². The standard InChI is InChI=1S/C24H33N3O4/c1-7-27(8-2)21(17-12-10-9-11-13-17)22(28)25-18-14-15-20(30-6)19(16-18)26-23(29)31-24(3,4)5/h9-16,21H,7-8H2,1-6H3,(H,25,28)(H,26,29). The number of hydrogen-bond donors (Lipinski definition) is 2. The van der Waals surface area contributed by atoms with E-state index in [-0.39, 0.29) is 5.91 Å². The van der Waals surface area contributed by atoms with Crippen molar-refractivity contribution < 1.29 is 19.1 Å². The number of benzene rings is 2. The summed E-state index contributed by atoms with van der Waals surface area (Å²) < 4.78 is 10.7. The van der Waals surface area contributed by atoms with Crippen LogP contribution in [0.15, 0.2) is 48.5 Å². The van der Waals surface area contributed by atoms with Crippen molar-refractivity contribution in [3.05, 3.63) is 54.1 Å². The van der Waals surface area contributed by atoms with Gasteiger partial charge in [-0.2, -0.15) is 0 Å². The van der Waals surface area contributed by atoms with E-state index >= 15 is 0 Å². The van der Waals surface area contributed by atoms with Gasteiger partial charge in [0.25, 0.3) is 0 Å². The zero-order chi connectivity index (χ0) is 23.0. The molecule has 0 saturated carbocycles. The number of likely N-dealkylation sites (N-methyl/N-ethyl adjacent to an activating group) is 1. The van der Waals surface area contributed by atoms with Crippen molar-refractivity contribution in [2.45, 2.75) is 46.3 Å². The molecule has 0 bridgehead atoms. The number of hydrogen-bond acceptors (Lipinski definition) is 5. The molecule has 0 fully saturated rings. The first-order chi connectivity index (χ1) is 14.7. The molecule has 0 aliphatic heterocycles. The molecule has 7 nitrogen and oxygen atoms in total. The maximum absolute atomic E-state index is 13.3. The summed E-state index contributed by atoms with van der Waals surface area (Å²) in [4.78, 5) is 27.6. The molecule has 0 aliphatic carbocycles. The van der Waals surface area contributed by atoms with E-state index < -0.39 is 17.7 Å². The molecule has 2 rings (SSSR count). The number of anilines is 2. The highest BCUT2D eigenvalue weighted by atomic mass is 16.6. The fourth-order valence-corrected chi connectivity index (χ4v) is 3.26. The fraction of sp³-hybridized carbons (Fsp3) is 0.417. The molecule has 2 aromatic carbocycles. The molecular weight excluding hydrogens is 394 g/mol. The van der Waals surface area contributed by atoms with Crippen LogP contribution in [0.3, 0.4) is 0 Å². The van der Waals surface area contributed by atoms with Crippen molar-refractivity contribution in [2.75, 3.05) is 30.8 Å². The minimum Gasteiger partial charge on any atom is -0.495 e. The number of amides is 2. The van der Waals surface area contributed by atoms with E-state index in [1.165, 1.54) is 7.11 Å². The van der Waals surface area contributed by atoms with Crippen LogP contribution >= 0.6 is 0 Å². The Kier molecular flexibility index (Phi) is 8.45. The number of carbonyl (C=O) groups excluding carboxylic acids is 2. The number of ether oxygens (including phenoxy) is 2. The Balaban J connectivity index is 2.27. The Morgan fingerprint density at radius 2 is 1.65 bits per heavy atom. The minimum atomic E-state index is -0.629. The van der Waals surface area contributed by atoms with Crippen molar-refractivity contribution in [3.63, 3.8) is 0 Å². The second kappa shape index (κ2) is 10.8. The SMILES string of the molecule is CCN(CC)C(C(=O)Nc1ccc(OC)c(NC(=O)OC(C)(C)C)c1)c1ccccc1. The first kappa shape index (κ1) is 24.2. The third-order valence-corrected chi connectivity index (χ3v) is 4.64. The number of rotatable bonds is 8. The quantitative estimate of drug-likeness (QED) is 0.615. The maximum Gasteiger partial charge on any atom is 0.412 e. The van der Waals surface area contributed by atoms with E-state index in [2.05, 4.69) is 15.5 Å². The van der Waals surface area contributed by atoms with Crippen molar-refractivity contribution in [1.29, 1.82) is 0 Å². The van der Waals surface area contributed by atoms with Crippen LogP contribution in [0.2, 0.25) is 0 Å². The topological polar surface area (TPSA) is 79.9 Å². The lowest BCUT2D eigenvalue weighted by atomic mass is 10.0. The van der Waals surface area contributed by atoms with Gasteiger partial charge in [0.05, 0.1) is 12.8 Å². The van der Waals surface area contributed by atoms with Crippen LogP contribution in [0.1, 0.15) is 46.2 Å². The Morgan fingerprint density at radius 3 is 2.19 bits per heavy atom. The summed E-state index contributed by atoms with van der Waals surface area (Å²) in [6, 6.07) is 14.3. The van der Waals surface area contributed by atoms with E-state index in [0.717, 1.165) is 18.7 Å². The van der Waals surface area contributed by atoms with Crippen LogP contribution in [0.25, 0.3) is 0 Å². The van der Waals surface area contributed by atoms with Gasteiger partial charge in [0.15, 0.2) is 0 Å². The molecule has 0 radical (unpaired) electrons. The molecule has 1 atom stereocenters. The Morgan fingerprint density at radius 1 is 1.00 bits per heavy atom. The summed E-state index contributed by atoms with van der Waals surface area (Å²) in [6.07, 6.45) is -0.598. The average Bonchev–Trinajstić information content (AvgIpc) is 2.71. The van der Waals surface area contributed by atoms with Gasteiger partial charge >= 0.3 is 6.09 Å². The third-order valence-electron chi connectivity index (χ3n) is 4.64. The van der Waals surface area contributed by atoms with E-state index in [0.29, 0.717) is 17.1 Å². The predicted molar refractivity (Wildman–Crippen MR) is 124 cm³/mol. The molecular formula is C24H33N3O4. The molecule has 0 heterocycles. The number of methoxy groups -OCH3 is 1. The van der Waals surface area contributed by atoms with Crippen molar-refractivity contribution in [1.82, 2.24) is 4.90 Å². The van der Waals surface area contributed by atoms with E-state index in [1.807, 2.05) is 44.2 Å². The van der Waals surface area contributed by atoms with Gasteiger partial charge in [-0.25, -0.2) is 4.79 Å². The minimum absolute atomic E-state index is 0.150. The molecule has 0 aromatic heterocycles. The van der Waals surface area contributed by atoms with Gasteiger partial charge in [-0.15, -0.1) is 0 Å². The molecule has 2 N–H and O–H groups in total. The van der Waals surface area contributed by atoms with E-state index in [1.54, 1.807) is 39.0 Å². The summed E-state index contributed by atoms with van der Waals surface area (Å²) in [5.74, 6) is 0.315. The Bertz CT molecular complexity index is 874. The highest BCUT2D eigenvalue weighted by Crippen LogP contribution is 2.30. The zero-order valence-electron chi connectivity index (χ0n) is 19.2. The fourth-order valence-electron chi connectivity index (χ4n) is 3.26. The van der Waals surface area contributed by atoms with Gasteiger partial charge in [-0.05, 0) is 57.6 Å². The molecule has 2 amide bonds. The number of nitrogens with one attached hydrogen (secondary N) is 2. The molecule has 0 aliphatic rings. The third kappa shape index (κ3) is 7.00. The predicted octanol–water partition coefficient (Wildman–Crippen LogP) is 5.06. The second-order valence-electron chi connectivity index (χ2n) is 8.07. The monoisotopic (exact) mass is 427 g/mol. The van der Waals surface area contributed by atoms with Gasteiger partial charge in [0, 0.05) is 5.69 Å². The molecule has 2 aromatic rings. The van der Waals surface area contributed by atoms with E-state index in [4.69, 9.17) is 9.47 Å². The van der Waals surface area contributed by atoms with Gasteiger partial charge in [0.2, 0.25) is 5.91 Å². The number of nitrogens with zero attached hydrogens (tertiary/aromatic N) is 1. The molecule has 31 heavy (non-hydrogen) atoms. The van der Waals surface area contributed by atoms with Crippen LogP contribution in [-0.4, -0.2) is 42.7 Å². The smallest absolute Gasteiger partial charge is 0.412 e. The van der Waals surface area contributed by atoms with Crippen LogP contribution in [-0.2, 0) is 9.53 Å². The molecule has 0 saturated heterocycles. The summed E-state index contributed by atoms with van der Waals surface area (Å²) in [7, 11) is 1.51. The Hall–Kier alpha value is -3.06. The highest BCUT2D eigenvalue weighted by molar-refractivity contribution is 5.97. The summed E-state index contributed by atoms with van der Waals surface area (Å²) in [5, 5.41) is 5.66. The summed E-state index contributed by atoms with van der Waals surface area (Å²) in [6.45, 7) is 10.9. The lowest BCUT2D eigenvalue weighted by Crippen LogP contribution is -2.37. The van der Waals surface area contributed by atoms with Crippen molar-refractivity contribution in [2.24, 2.45) is 0 Å². The van der Waals surface area contributed by atoms with Crippen molar-refractivity contribution >= 4 is 23.4 Å². The Labute approximate surface area is 184 Å². The van der Waals surface area contributed by atoms with Crippen molar-refractivity contribution in [3.8, 4) is 5.75 Å². The first-order valence-electron chi connectivity index (χ1n) is 10.5. The van der Waals surface area contributed by atoms with Gasteiger partial charge in [-0.3, -0.25) is 15.0 Å². The lowest BCUT2D eigenvalue weighted by molar-refractivity contribution is -0.121. The molecule has 1 unspecified atom stereocenters. The molecule has 7 heteroatoms. The lowest BCUT2D eigenvalue weighted by Gasteiger charge is -2.29. The van der Waals surface area contributed by atoms with Gasteiger partial charge < -0.3 is 14.8 Å². The van der Waals surface area contributed by atoms with Crippen LogP contribution in [0.5, 0.6) is 5.75 Å².